The summed E-state index contributed by atoms with van der Waals surface area (Å²) in [5, 5.41) is 0. The van der Waals surface area contributed by atoms with Gasteiger partial charge in [0, 0.05) is 11.1 Å². The van der Waals surface area contributed by atoms with Crippen LogP contribution >= 0.6 is 0 Å². The highest BCUT2D eigenvalue weighted by molar-refractivity contribution is 5.47. The predicted molar refractivity (Wildman–Crippen MR) is 72.7 cm³/mol. The quantitative estimate of drug-likeness (QED) is 0.432. The highest BCUT2D eigenvalue weighted by Crippen LogP contribution is 2.43. The van der Waals surface area contributed by atoms with Gasteiger partial charge in [0.05, 0.1) is 13.2 Å². The van der Waals surface area contributed by atoms with E-state index in [0.717, 1.165) is 23.3 Å². The summed E-state index contributed by atoms with van der Waals surface area (Å²) in [6.45, 7) is 2.21. The molecule has 18 heavy (non-hydrogen) atoms. The van der Waals surface area contributed by atoms with E-state index >= 15 is 0 Å². The molecule has 0 saturated carbocycles. The number of terminal acetylenes is 1. The van der Waals surface area contributed by atoms with Crippen molar-refractivity contribution in [2.45, 2.75) is 44.8 Å². The van der Waals surface area contributed by atoms with Crippen molar-refractivity contribution < 1.29 is 9.47 Å². The van der Waals surface area contributed by atoms with Gasteiger partial charge in [0.25, 0.3) is 0 Å². The van der Waals surface area contributed by atoms with Crippen LogP contribution < -0.4 is 4.74 Å². The molecule has 1 aliphatic rings. The highest BCUT2D eigenvalue weighted by atomic mass is 16.6. The second-order valence-electron chi connectivity index (χ2n) is 4.69. The van der Waals surface area contributed by atoms with Crippen LogP contribution in [0, 0.1) is 12.3 Å². The maximum atomic E-state index is 5.74. The molecule has 0 amide bonds. The smallest absolute Gasteiger partial charge is 0.119 e. The van der Waals surface area contributed by atoms with Gasteiger partial charge in [-0.1, -0.05) is 32.1 Å². The number of unbranched alkanes of at least 4 members (excludes halogenated alkanes) is 2. The Kier molecular flexibility index (Phi) is 4.28. The van der Waals surface area contributed by atoms with Crippen molar-refractivity contribution in [2.75, 3.05) is 7.11 Å². The first-order valence-corrected chi connectivity index (χ1v) is 6.60. The predicted octanol–water partition coefficient (Wildman–Crippen LogP) is 3.70. The number of hydrogen-bond donors (Lipinski definition) is 0. The number of methoxy groups -OCH3 is 1. The van der Waals surface area contributed by atoms with Crippen molar-refractivity contribution in [3.8, 4) is 18.1 Å². The molecular weight excluding hydrogens is 224 g/mol. The standard InChI is InChI=1S/C16H20O2/c1-4-6-7-8-15-16(18-15)14-11-13(17-3)10-9-12(14)5-2/h2,9-11,15-16H,4,6-8H2,1,3H3. The van der Waals surface area contributed by atoms with E-state index in [1.54, 1.807) is 7.11 Å². The fourth-order valence-corrected chi connectivity index (χ4v) is 2.27. The molecule has 1 aliphatic heterocycles. The number of ether oxygens (including phenoxy) is 2. The van der Waals surface area contributed by atoms with Crippen molar-refractivity contribution in [3.63, 3.8) is 0 Å². The van der Waals surface area contributed by atoms with Crippen LogP contribution in [0.5, 0.6) is 5.75 Å². The lowest BCUT2D eigenvalue weighted by molar-refractivity contribution is 0.360. The first-order chi connectivity index (χ1) is 8.80. The third-order valence-corrected chi connectivity index (χ3v) is 3.40. The van der Waals surface area contributed by atoms with Crippen molar-refractivity contribution in [1.82, 2.24) is 0 Å². The Hall–Kier alpha value is -1.46. The summed E-state index contributed by atoms with van der Waals surface area (Å²) >= 11 is 0. The van der Waals surface area contributed by atoms with Gasteiger partial charge in [-0.3, -0.25) is 0 Å². The molecule has 2 rings (SSSR count). The Bertz CT molecular complexity index is 445. The van der Waals surface area contributed by atoms with Gasteiger partial charge in [-0.15, -0.1) is 6.42 Å². The minimum absolute atomic E-state index is 0.169. The van der Waals surface area contributed by atoms with E-state index in [4.69, 9.17) is 15.9 Å². The maximum absolute atomic E-state index is 5.74. The third-order valence-electron chi connectivity index (χ3n) is 3.40. The summed E-state index contributed by atoms with van der Waals surface area (Å²) in [5.74, 6) is 3.56. The summed E-state index contributed by atoms with van der Waals surface area (Å²) < 4.78 is 11.0. The normalized spacial score (nSPS) is 21.4. The van der Waals surface area contributed by atoms with Crippen LogP contribution in [0.1, 0.15) is 49.8 Å². The van der Waals surface area contributed by atoms with E-state index in [2.05, 4.69) is 12.8 Å². The maximum Gasteiger partial charge on any atom is 0.119 e. The van der Waals surface area contributed by atoms with E-state index < -0.39 is 0 Å². The minimum atomic E-state index is 0.169. The van der Waals surface area contributed by atoms with Gasteiger partial charge in [-0.25, -0.2) is 0 Å². The molecule has 96 valence electrons. The Morgan fingerprint density at radius 1 is 1.39 bits per heavy atom. The zero-order chi connectivity index (χ0) is 13.0. The molecule has 0 aromatic heterocycles. The summed E-state index contributed by atoms with van der Waals surface area (Å²) in [6, 6.07) is 5.83. The molecule has 0 radical (unpaired) electrons. The molecule has 1 fully saturated rings. The Morgan fingerprint density at radius 3 is 2.89 bits per heavy atom. The van der Waals surface area contributed by atoms with E-state index in [0.29, 0.717) is 6.10 Å². The molecule has 2 heteroatoms. The fraction of sp³-hybridized carbons (Fsp3) is 0.500. The first kappa shape index (κ1) is 13.0. The monoisotopic (exact) mass is 244 g/mol. The van der Waals surface area contributed by atoms with Crippen LogP contribution in [-0.4, -0.2) is 13.2 Å². The minimum Gasteiger partial charge on any atom is -0.497 e. The van der Waals surface area contributed by atoms with Crippen molar-refractivity contribution >= 4 is 0 Å². The molecule has 0 N–H and O–H groups in total. The van der Waals surface area contributed by atoms with Gasteiger partial charge in [-0.2, -0.15) is 0 Å². The zero-order valence-electron chi connectivity index (χ0n) is 11.1. The lowest BCUT2D eigenvalue weighted by Crippen LogP contribution is -1.94. The van der Waals surface area contributed by atoms with Crippen LogP contribution in [-0.2, 0) is 4.74 Å². The summed E-state index contributed by atoms with van der Waals surface area (Å²) in [7, 11) is 1.67. The first-order valence-electron chi connectivity index (χ1n) is 6.60. The van der Waals surface area contributed by atoms with Gasteiger partial charge in [0.15, 0.2) is 0 Å². The van der Waals surface area contributed by atoms with Crippen LogP contribution in [0.25, 0.3) is 0 Å². The number of rotatable bonds is 6. The zero-order valence-corrected chi connectivity index (χ0v) is 11.1. The van der Waals surface area contributed by atoms with Crippen molar-refractivity contribution in [3.05, 3.63) is 29.3 Å². The largest absolute Gasteiger partial charge is 0.497 e. The van der Waals surface area contributed by atoms with E-state index in [9.17, 15) is 0 Å². The molecule has 2 unspecified atom stereocenters. The second kappa shape index (κ2) is 5.93. The van der Waals surface area contributed by atoms with Gasteiger partial charge >= 0.3 is 0 Å². The fourth-order valence-electron chi connectivity index (χ4n) is 2.27. The number of hydrogen-bond acceptors (Lipinski definition) is 2. The van der Waals surface area contributed by atoms with Gasteiger partial charge in [0.2, 0.25) is 0 Å². The molecule has 1 aromatic carbocycles. The van der Waals surface area contributed by atoms with Gasteiger partial charge in [0.1, 0.15) is 11.9 Å². The van der Waals surface area contributed by atoms with E-state index in [-0.39, 0.29) is 6.10 Å². The third kappa shape index (κ3) is 2.86. The number of epoxide rings is 1. The van der Waals surface area contributed by atoms with Gasteiger partial charge in [-0.05, 0) is 24.6 Å². The summed E-state index contributed by atoms with van der Waals surface area (Å²) in [4.78, 5) is 0. The lowest BCUT2D eigenvalue weighted by atomic mass is 10.0. The Morgan fingerprint density at radius 2 is 2.22 bits per heavy atom. The van der Waals surface area contributed by atoms with E-state index in [1.807, 2.05) is 18.2 Å². The average molecular weight is 244 g/mol. The van der Waals surface area contributed by atoms with Gasteiger partial charge < -0.3 is 9.47 Å². The molecule has 2 nitrogen and oxygen atoms in total. The van der Waals surface area contributed by atoms with Crippen molar-refractivity contribution in [1.29, 1.82) is 0 Å². The topological polar surface area (TPSA) is 21.8 Å². The van der Waals surface area contributed by atoms with Crippen LogP contribution in [0.3, 0.4) is 0 Å². The molecular formula is C16H20O2. The van der Waals surface area contributed by atoms with Crippen LogP contribution in [0.2, 0.25) is 0 Å². The molecule has 2 atom stereocenters. The average Bonchev–Trinajstić information content (AvgIpc) is 3.17. The second-order valence-corrected chi connectivity index (χ2v) is 4.69. The van der Waals surface area contributed by atoms with E-state index in [1.165, 1.54) is 19.3 Å². The molecule has 0 bridgehead atoms. The lowest BCUT2D eigenvalue weighted by Gasteiger charge is -2.05. The van der Waals surface area contributed by atoms with Crippen LogP contribution in [0.15, 0.2) is 18.2 Å². The molecule has 0 spiro atoms. The molecule has 1 saturated heterocycles. The number of benzene rings is 1. The Labute approximate surface area is 109 Å². The highest BCUT2D eigenvalue weighted by Gasteiger charge is 2.40. The molecule has 1 aromatic rings. The molecule has 1 heterocycles. The van der Waals surface area contributed by atoms with Crippen LogP contribution in [0.4, 0.5) is 0 Å². The summed E-state index contributed by atoms with van der Waals surface area (Å²) in [6.07, 6.45) is 10.9. The molecule has 0 aliphatic carbocycles. The summed E-state index contributed by atoms with van der Waals surface area (Å²) in [5.41, 5.74) is 2.01. The Balaban J connectivity index is 2.03. The SMILES string of the molecule is C#Cc1ccc(OC)cc1C1OC1CCCCC. The van der Waals surface area contributed by atoms with Crippen molar-refractivity contribution in [2.24, 2.45) is 0 Å².